The molecule has 1 aliphatic heterocycles. The maximum Gasteiger partial charge on any atom is 0.416 e. The van der Waals surface area contributed by atoms with E-state index >= 15 is 0 Å². The van der Waals surface area contributed by atoms with Crippen LogP contribution in [0.1, 0.15) is 24.0 Å². The van der Waals surface area contributed by atoms with Gasteiger partial charge in [0.05, 0.1) is 5.56 Å². The van der Waals surface area contributed by atoms with Gasteiger partial charge >= 0.3 is 6.18 Å². The van der Waals surface area contributed by atoms with Crippen molar-refractivity contribution in [2.45, 2.75) is 31.5 Å². The second kappa shape index (κ2) is 4.56. The highest BCUT2D eigenvalue weighted by Gasteiger charge is 2.36. The van der Waals surface area contributed by atoms with Crippen molar-refractivity contribution in [2.24, 2.45) is 5.73 Å². The summed E-state index contributed by atoms with van der Waals surface area (Å²) in [6, 6.07) is 4.37. The molecule has 2 rings (SSSR count). The minimum atomic E-state index is -4.27. The molecule has 0 aromatic heterocycles. The van der Waals surface area contributed by atoms with Gasteiger partial charge in [0.15, 0.2) is 0 Å². The van der Waals surface area contributed by atoms with Gasteiger partial charge in [0, 0.05) is 11.7 Å². The van der Waals surface area contributed by atoms with Crippen LogP contribution in [0.2, 0.25) is 0 Å². The Morgan fingerprint density at radius 1 is 1.35 bits per heavy atom. The van der Waals surface area contributed by atoms with E-state index in [1.165, 1.54) is 6.07 Å². The molecule has 0 fully saturated rings. The van der Waals surface area contributed by atoms with E-state index in [1.54, 1.807) is 6.07 Å². The van der Waals surface area contributed by atoms with Gasteiger partial charge in [-0.15, -0.1) is 0 Å². The number of halogens is 3. The molecule has 5 heteroatoms. The van der Waals surface area contributed by atoms with Gasteiger partial charge < -0.3 is 11.1 Å². The average molecular weight is 244 g/mol. The monoisotopic (exact) mass is 244 g/mol. The normalized spacial score (nSPS) is 18.9. The first-order valence-corrected chi connectivity index (χ1v) is 5.68. The van der Waals surface area contributed by atoms with Crippen molar-refractivity contribution in [3.63, 3.8) is 0 Å². The van der Waals surface area contributed by atoms with Gasteiger partial charge in [-0.1, -0.05) is 6.07 Å². The van der Waals surface area contributed by atoms with Crippen molar-refractivity contribution < 1.29 is 13.2 Å². The van der Waals surface area contributed by atoms with Crippen LogP contribution < -0.4 is 11.1 Å². The summed E-state index contributed by atoms with van der Waals surface area (Å²) in [5.74, 6) is 0. The van der Waals surface area contributed by atoms with E-state index in [9.17, 15) is 13.2 Å². The molecular weight excluding hydrogens is 229 g/mol. The molecule has 0 saturated heterocycles. The lowest BCUT2D eigenvalue weighted by Crippen LogP contribution is -2.17. The standard InChI is InChI=1S/C12H15F3N2/c13-12(14,15)10-4-1-5-11-9(10)7-8(17-11)3-2-6-16/h1,4-5,8,17H,2-3,6-7,16H2. The minimum Gasteiger partial charge on any atom is -0.382 e. The summed E-state index contributed by atoms with van der Waals surface area (Å²) in [5, 5.41) is 3.13. The maximum absolute atomic E-state index is 12.8. The molecule has 1 aliphatic rings. The fourth-order valence-corrected chi connectivity index (χ4v) is 2.26. The smallest absolute Gasteiger partial charge is 0.382 e. The number of benzene rings is 1. The summed E-state index contributed by atoms with van der Waals surface area (Å²) in [6.45, 7) is 0.570. The van der Waals surface area contributed by atoms with E-state index in [-0.39, 0.29) is 6.04 Å². The van der Waals surface area contributed by atoms with Gasteiger partial charge in [-0.05, 0) is 43.5 Å². The summed E-state index contributed by atoms with van der Waals surface area (Å²) in [7, 11) is 0. The molecule has 3 N–H and O–H groups in total. The number of nitrogens with two attached hydrogens (primary N) is 1. The third kappa shape index (κ3) is 2.54. The van der Waals surface area contributed by atoms with Crippen molar-refractivity contribution >= 4 is 5.69 Å². The molecule has 17 heavy (non-hydrogen) atoms. The fourth-order valence-electron chi connectivity index (χ4n) is 2.26. The predicted octanol–water partition coefficient (Wildman–Crippen LogP) is 2.78. The molecule has 0 spiro atoms. The van der Waals surface area contributed by atoms with Crippen LogP contribution in [0, 0.1) is 0 Å². The minimum absolute atomic E-state index is 0.0806. The Kier molecular flexibility index (Phi) is 3.28. The Bertz CT molecular complexity index is 401. The first-order valence-electron chi connectivity index (χ1n) is 5.68. The van der Waals surface area contributed by atoms with Crippen molar-refractivity contribution in [1.82, 2.24) is 0 Å². The van der Waals surface area contributed by atoms with Crippen molar-refractivity contribution in [1.29, 1.82) is 0 Å². The summed E-state index contributed by atoms with van der Waals surface area (Å²) in [5.41, 5.74) is 5.89. The third-order valence-corrected chi connectivity index (χ3v) is 3.05. The lowest BCUT2D eigenvalue weighted by Gasteiger charge is -2.10. The molecule has 1 aromatic carbocycles. The van der Waals surface area contributed by atoms with E-state index in [1.807, 2.05) is 0 Å². The van der Waals surface area contributed by atoms with Crippen LogP contribution in [0.15, 0.2) is 18.2 Å². The largest absolute Gasteiger partial charge is 0.416 e. The lowest BCUT2D eigenvalue weighted by molar-refractivity contribution is -0.138. The molecular formula is C12H15F3N2. The molecule has 0 bridgehead atoms. The number of hydrogen-bond acceptors (Lipinski definition) is 2. The topological polar surface area (TPSA) is 38.0 Å². The van der Waals surface area contributed by atoms with Gasteiger partial charge in [0.1, 0.15) is 0 Å². The van der Waals surface area contributed by atoms with E-state index in [0.29, 0.717) is 24.2 Å². The molecule has 1 atom stereocenters. The highest BCUT2D eigenvalue weighted by atomic mass is 19.4. The number of rotatable bonds is 3. The van der Waals surface area contributed by atoms with Crippen LogP contribution in [-0.2, 0) is 12.6 Å². The van der Waals surface area contributed by atoms with Gasteiger partial charge in [0.2, 0.25) is 0 Å². The Hall–Kier alpha value is -1.23. The predicted molar refractivity (Wildman–Crippen MR) is 60.8 cm³/mol. The Morgan fingerprint density at radius 2 is 2.12 bits per heavy atom. The number of alkyl halides is 3. The second-order valence-electron chi connectivity index (χ2n) is 4.31. The number of fused-ring (bicyclic) bond motifs is 1. The van der Waals surface area contributed by atoms with Gasteiger partial charge in [-0.3, -0.25) is 0 Å². The van der Waals surface area contributed by atoms with Crippen LogP contribution in [0.5, 0.6) is 0 Å². The first kappa shape index (κ1) is 12.2. The maximum atomic E-state index is 12.8. The lowest BCUT2D eigenvalue weighted by atomic mass is 10.0. The van der Waals surface area contributed by atoms with Crippen molar-refractivity contribution in [2.75, 3.05) is 11.9 Å². The molecule has 1 unspecified atom stereocenters. The number of nitrogens with one attached hydrogen (secondary N) is 1. The van der Waals surface area contributed by atoms with Crippen LogP contribution >= 0.6 is 0 Å². The highest BCUT2D eigenvalue weighted by Crippen LogP contribution is 2.39. The van der Waals surface area contributed by atoms with Crippen molar-refractivity contribution in [3.8, 4) is 0 Å². The molecule has 0 saturated carbocycles. The zero-order valence-electron chi connectivity index (χ0n) is 9.35. The SMILES string of the molecule is NCCCC1Cc2c(cccc2C(F)(F)F)N1. The van der Waals surface area contributed by atoms with Crippen molar-refractivity contribution in [3.05, 3.63) is 29.3 Å². The Morgan fingerprint density at radius 3 is 2.76 bits per heavy atom. The number of hydrogen-bond donors (Lipinski definition) is 2. The quantitative estimate of drug-likeness (QED) is 0.858. The molecule has 1 aromatic rings. The van der Waals surface area contributed by atoms with Gasteiger partial charge in [-0.2, -0.15) is 13.2 Å². The van der Waals surface area contributed by atoms with Crippen LogP contribution in [0.25, 0.3) is 0 Å². The molecule has 0 radical (unpaired) electrons. The van der Waals surface area contributed by atoms with E-state index in [2.05, 4.69) is 5.32 Å². The summed E-state index contributed by atoms with van der Waals surface area (Å²) < 4.78 is 38.3. The summed E-state index contributed by atoms with van der Waals surface area (Å²) >= 11 is 0. The van der Waals surface area contributed by atoms with E-state index < -0.39 is 11.7 Å². The zero-order valence-corrected chi connectivity index (χ0v) is 9.35. The second-order valence-corrected chi connectivity index (χ2v) is 4.31. The summed E-state index contributed by atoms with van der Waals surface area (Å²) in [4.78, 5) is 0. The highest BCUT2D eigenvalue weighted by molar-refractivity contribution is 5.60. The first-order chi connectivity index (χ1) is 8.02. The van der Waals surface area contributed by atoms with Crippen LogP contribution in [-0.4, -0.2) is 12.6 Å². The zero-order chi connectivity index (χ0) is 12.5. The third-order valence-electron chi connectivity index (χ3n) is 3.05. The van der Waals surface area contributed by atoms with E-state index in [0.717, 1.165) is 18.9 Å². The fraction of sp³-hybridized carbons (Fsp3) is 0.500. The molecule has 0 aliphatic carbocycles. The van der Waals surface area contributed by atoms with E-state index in [4.69, 9.17) is 5.73 Å². The average Bonchev–Trinajstić information content (AvgIpc) is 2.66. The molecule has 0 amide bonds. The Labute approximate surface area is 98.0 Å². The van der Waals surface area contributed by atoms with Gasteiger partial charge in [0.25, 0.3) is 0 Å². The number of anilines is 1. The van der Waals surface area contributed by atoms with Gasteiger partial charge in [-0.25, -0.2) is 0 Å². The summed E-state index contributed by atoms with van der Waals surface area (Å²) in [6.07, 6.45) is -2.20. The van der Waals surface area contributed by atoms with Crippen LogP contribution in [0.4, 0.5) is 18.9 Å². The van der Waals surface area contributed by atoms with Crippen LogP contribution in [0.3, 0.4) is 0 Å². The Balaban J connectivity index is 2.20. The molecule has 94 valence electrons. The molecule has 1 heterocycles. The molecule has 2 nitrogen and oxygen atoms in total.